The third-order valence-electron chi connectivity index (χ3n) is 4.25. The minimum Gasteiger partial charge on any atom is -0.496 e. The van der Waals surface area contributed by atoms with E-state index in [0.29, 0.717) is 16.0 Å². The molecule has 0 saturated heterocycles. The van der Waals surface area contributed by atoms with Gasteiger partial charge in [0.15, 0.2) is 0 Å². The number of nitrogens with one attached hydrogen (secondary N) is 1. The SMILES string of the molecule is COc1ccc2[nH]c(=O)c3sccc3c2c1-c1ccc(S(N)(=O)=O)cc1. The molecular weight excluding hydrogens is 372 g/mol. The number of thiophene rings is 1. The van der Waals surface area contributed by atoms with E-state index < -0.39 is 10.0 Å². The van der Waals surface area contributed by atoms with Crippen LogP contribution in [-0.4, -0.2) is 20.5 Å². The Labute approximate surface area is 152 Å². The van der Waals surface area contributed by atoms with Crippen LogP contribution in [0.3, 0.4) is 0 Å². The van der Waals surface area contributed by atoms with Crippen LogP contribution in [0.5, 0.6) is 5.75 Å². The molecule has 2 heterocycles. The van der Waals surface area contributed by atoms with Crippen molar-refractivity contribution in [2.24, 2.45) is 5.14 Å². The van der Waals surface area contributed by atoms with Crippen molar-refractivity contribution < 1.29 is 13.2 Å². The molecule has 0 spiro atoms. The Morgan fingerprint density at radius 1 is 1.08 bits per heavy atom. The van der Waals surface area contributed by atoms with Crippen molar-refractivity contribution in [1.82, 2.24) is 4.98 Å². The quantitative estimate of drug-likeness (QED) is 0.565. The number of ether oxygens (including phenoxy) is 1. The Kier molecular flexibility index (Phi) is 3.83. The lowest BCUT2D eigenvalue weighted by Gasteiger charge is -2.13. The number of sulfonamides is 1. The first-order valence-electron chi connectivity index (χ1n) is 7.63. The monoisotopic (exact) mass is 386 g/mol. The maximum Gasteiger partial charge on any atom is 0.266 e. The molecule has 0 saturated carbocycles. The first-order chi connectivity index (χ1) is 12.4. The molecule has 6 nitrogen and oxygen atoms in total. The Morgan fingerprint density at radius 2 is 1.81 bits per heavy atom. The predicted molar refractivity (Wildman–Crippen MR) is 103 cm³/mol. The van der Waals surface area contributed by atoms with Crippen LogP contribution >= 0.6 is 11.3 Å². The number of primary sulfonamides is 1. The van der Waals surface area contributed by atoms with Gasteiger partial charge in [-0.3, -0.25) is 4.79 Å². The number of methoxy groups -OCH3 is 1. The van der Waals surface area contributed by atoms with Crippen LogP contribution in [0.15, 0.2) is 57.5 Å². The second-order valence-electron chi connectivity index (χ2n) is 5.75. The van der Waals surface area contributed by atoms with Gasteiger partial charge in [0.2, 0.25) is 10.0 Å². The fourth-order valence-corrected chi connectivity index (χ4v) is 4.41. The first kappa shape index (κ1) is 16.8. The highest BCUT2D eigenvalue weighted by Gasteiger charge is 2.17. The van der Waals surface area contributed by atoms with E-state index >= 15 is 0 Å². The van der Waals surface area contributed by atoms with Gasteiger partial charge in [-0.25, -0.2) is 13.6 Å². The average Bonchev–Trinajstić information content (AvgIpc) is 3.11. The van der Waals surface area contributed by atoms with Crippen LogP contribution in [0, 0.1) is 0 Å². The number of hydrogen-bond acceptors (Lipinski definition) is 5. The summed E-state index contributed by atoms with van der Waals surface area (Å²) in [5.74, 6) is 0.625. The maximum absolute atomic E-state index is 12.3. The van der Waals surface area contributed by atoms with Gasteiger partial charge >= 0.3 is 0 Å². The molecule has 0 radical (unpaired) electrons. The Morgan fingerprint density at radius 3 is 2.46 bits per heavy atom. The summed E-state index contributed by atoms with van der Waals surface area (Å²) in [6.45, 7) is 0. The Bertz CT molecular complexity index is 1300. The molecule has 0 aliphatic heterocycles. The van der Waals surface area contributed by atoms with E-state index in [0.717, 1.165) is 21.9 Å². The minimum atomic E-state index is -3.77. The van der Waals surface area contributed by atoms with Gasteiger partial charge in [-0.05, 0) is 41.3 Å². The second kappa shape index (κ2) is 5.94. The molecule has 0 amide bonds. The van der Waals surface area contributed by atoms with Crippen LogP contribution in [-0.2, 0) is 10.0 Å². The summed E-state index contributed by atoms with van der Waals surface area (Å²) in [6.07, 6.45) is 0. The van der Waals surface area contributed by atoms with Crippen molar-refractivity contribution in [3.8, 4) is 16.9 Å². The molecule has 0 aliphatic carbocycles. The molecule has 4 rings (SSSR count). The van der Waals surface area contributed by atoms with E-state index in [1.54, 1.807) is 31.4 Å². The van der Waals surface area contributed by atoms with Gasteiger partial charge in [-0.2, -0.15) is 0 Å². The maximum atomic E-state index is 12.3. The number of hydrogen-bond donors (Lipinski definition) is 2. The molecule has 2 aromatic heterocycles. The molecule has 26 heavy (non-hydrogen) atoms. The lowest BCUT2D eigenvalue weighted by molar-refractivity contribution is 0.417. The van der Waals surface area contributed by atoms with Crippen LogP contribution in [0.1, 0.15) is 0 Å². The molecule has 2 aromatic carbocycles. The summed E-state index contributed by atoms with van der Waals surface area (Å²) in [7, 11) is -2.20. The van der Waals surface area contributed by atoms with Crippen LogP contribution < -0.4 is 15.4 Å². The van der Waals surface area contributed by atoms with Crippen LogP contribution in [0.2, 0.25) is 0 Å². The number of aromatic amines is 1. The summed E-state index contributed by atoms with van der Waals surface area (Å²) < 4.78 is 29.2. The summed E-state index contributed by atoms with van der Waals surface area (Å²) in [4.78, 5) is 15.2. The van der Waals surface area contributed by atoms with Gasteiger partial charge in [0.05, 0.1) is 12.0 Å². The number of H-pyrrole nitrogens is 1. The fourth-order valence-electron chi connectivity index (χ4n) is 3.10. The Balaban J connectivity index is 2.11. The third-order valence-corrected chi connectivity index (χ3v) is 6.09. The van der Waals surface area contributed by atoms with E-state index in [2.05, 4.69) is 4.98 Å². The normalized spacial score (nSPS) is 11.9. The summed E-state index contributed by atoms with van der Waals surface area (Å²) in [5, 5.41) is 8.73. The van der Waals surface area contributed by atoms with E-state index in [-0.39, 0.29) is 10.5 Å². The van der Waals surface area contributed by atoms with Crippen molar-refractivity contribution in [1.29, 1.82) is 0 Å². The van der Waals surface area contributed by atoms with Gasteiger partial charge in [0.25, 0.3) is 5.56 Å². The number of rotatable bonds is 3. The molecule has 0 aliphatic rings. The van der Waals surface area contributed by atoms with E-state index in [4.69, 9.17) is 9.88 Å². The zero-order chi connectivity index (χ0) is 18.5. The smallest absolute Gasteiger partial charge is 0.266 e. The minimum absolute atomic E-state index is 0.0366. The van der Waals surface area contributed by atoms with Crippen molar-refractivity contribution in [2.75, 3.05) is 7.11 Å². The fraction of sp³-hybridized carbons (Fsp3) is 0.0556. The van der Waals surface area contributed by atoms with Crippen LogP contribution in [0.25, 0.3) is 32.1 Å². The first-order valence-corrected chi connectivity index (χ1v) is 10.1. The summed E-state index contributed by atoms with van der Waals surface area (Å²) in [5.41, 5.74) is 2.10. The highest BCUT2D eigenvalue weighted by molar-refractivity contribution is 7.89. The van der Waals surface area contributed by atoms with E-state index in [1.807, 2.05) is 11.4 Å². The molecular formula is C18H14N2O4S2. The zero-order valence-electron chi connectivity index (χ0n) is 13.6. The summed E-state index contributed by atoms with van der Waals surface area (Å²) in [6, 6.07) is 11.8. The number of benzene rings is 2. The molecule has 132 valence electrons. The molecule has 0 atom stereocenters. The molecule has 4 aromatic rings. The average molecular weight is 386 g/mol. The molecule has 0 unspecified atom stereocenters. The molecule has 8 heteroatoms. The highest BCUT2D eigenvalue weighted by Crippen LogP contribution is 2.40. The largest absolute Gasteiger partial charge is 0.496 e. The number of pyridine rings is 1. The predicted octanol–water partition coefficient (Wildman–Crippen LogP) is 3.07. The van der Waals surface area contributed by atoms with Crippen molar-refractivity contribution in [3.05, 3.63) is 58.2 Å². The molecule has 0 fully saturated rings. The van der Waals surface area contributed by atoms with E-state index in [9.17, 15) is 13.2 Å². The second-order valence-corrected chi connectivity index (χ2v) is 8.23. The number of aromatic nitrogens is 1. The molecule has 3 N–H and O–H groups in total. The third kappa shape index (κ3) is 2.59. The topological polar surface area (TPSA) is 102 Å². The van der Waals surface area contributed by atoms with Crippen molar-refractivity contribution >= 4 is 42.3 Å². The molecule has 0 bridgehead atoms. The summed E-state index contributed by atoms with van der Waals surface area (Å²) >= 11 is 1.37. The van der Waals surface area contributed by atoms with Gasteiger partial charge in [-0.15, -0.1) is 11.3 Å². The highest BCUT2D eigenvalue weighted by atomic mass is 32.2. The number of fused-ring (bicyclic) bond motifs is 3. The zero-order valence-corrected chi connectivity index (χ0v) is 15.3. The number of nitrogens with two attached hydrogens (primary N) is 1. The van der Waals surface area contributed by atoms with Gasteiger partial charge in [-0.1, -0.05) is 12.1 Å². The van der Waals surface area contributed by atoms with Crippen molar-refractivity contribution in [3.63, 3.8) is 0 Å². The van der Waals surface area contributed by atoms with Crippen LogP contribution in [0.4, 0.5) is 0 Å². The standard InChI is InChI=1S/C18H14N2O4S2/c1-24-14-7-6-13-16(12-8-9-25-17(12)18(21)20-13)15(14)10-2-4-11(5-3-10)26(19,22)23/h2-9H,1H3,(H,20,21)(H2,19,22,23). The van der Waals surface area contributed by atoms with Gasteiger partial charge in [0.1, 0.15) is 10.4 Å². The van der Waals surface area contributed by atoms with Gasteiger partial charge < -0.3 is 9.72 Å². The van der Waals surface area contributed by atoms with Crippen molar-refractivity contribution in [2.45, 2.75) is 4.90 Å². The lowest BCUT2D eigenvalue weighted by Crippen LogP contribution is -2.11. The van der Waals surface area contributed by atoms with Gasteiger partial charge in [0, 0.05) is 21.9 Å². The van der Waals surface area contributed by atoms with E-state index in [1.165, 1.54) is 23.5 Å². The lowest BCUT2D eigenvalue weighted by atomic mass is 9.97. The Hall–Kier alpha value is -2.68.